The van der Waals surface area contributed by atoms with Gasteiger partial charge in [0.05, 0.1) is 0 Å². The van der Waals surface area contributed by atoms with Gasteiger partial charge in [-0.3, -0.25) is 4.79 Å². The second kappa shape index (κ2) is 6.23. The van der Waals surface area contributed by atoms with Gasteiger partial charge in [-0.05, 0) is 35.6 Å². The summed E-state index contributed by atoms with van der Waals surface area (Å²) in [5.41, 5.74) is 8.10. The Morgan fingerprint density at radius 1 is 1.28 bits per heavy atom. The summed E-state index contributed by atoms with van der Waals surface area (Å²) in [6.45, 7) is 1.13. The fourth-order valence-corrected chi connectivity index (χ4v) is 1.96. The Balaban J connectivity index is 1.88. The van der Waals surface area contributed by atoms with Crippen LogP contribution in [0.1, 0.15) is 21.6 Å². The zero-order valence-electron chi connectivity index (χ0n) is 9.80. The summed E-state index contributed by atoms with van der Waals surface area (Å²) in [6, 6.07) is 8.03. The van der Waals surface area contributed by atoms with Crippen LogP contribution in [-0.2, 0) is 13.0 Å². The summed E-state index contributed by atoms with van der Waals surface area (Å²) < 4.78 is 3.65. The van der Waals surface area contributed by atoms with Crippen molar-refractivity contribution in [2.24, 2.45) is 5.73 Å². The topological polar surface area (TPSA) is 80.9 Å². The molecular formula is C12H14N4OS. The summed E-state index contributed by atoms with van der Waals surface area (Å²) in [4.78, 5) is 11.6. The van der Waals surface area contributed by atoms with Crippen LogP contribution in [0, 0.1) is 0 Å². The number of aromatic nitrogens is 2. The second-order valence-corrected chi connectivity index (χ2v) is 4.44. The van der Waals surface area contributed by atoms with Crippen molar-refractivity contribution in [3.8, 4) is 0 Å². The number of carbonyl (C=O) groups is 1. The Kier molecular flexibility index (Phi) is 4.38. The lowest BCUT2D eigenvalue weighted by molar-refractivity contribution is 0.0946. The van der Waals surface area contributed by atoms with E-state index in [1.807, 2.05) is 24.3 Å². The lowest BCUT2D eigenvalue weighted by atomic mass is 10.1. The van der Waals surface area contributed by atoms with Gasteiger partial charge >= 0.3 is 0 Å². The minimum Gasteiger partial charge on any atom is -0.347 e. The monoisotopic (exact) mass is 262 g/mol. The summed E-state index contributed by atoms with van der Waals surface area (Å²) in [6.07, 6.45) is 0.872. The number of nitrogens with two attached hydrogens (primary N) is 1. The van der Waals surface area contributed by atoms with Crippen LogP contribution in [0.5, 0.6) is 0 Å². The van der Waals surface area contributed by atoms with Crippen molar-refractivity contribution in [3.05, 3.63) is 46.5 Å². The van der Waals surface area contributed by atoms with Gasteiger partial charge in [0, 0.05) is 11.9 Å². The van der Waals surface area contributed by atoms with Crippen LogP contribution in [0.3, 0.4) is 0 Å². The summed E-state index contributed by atoms with van der Waals surface area (Å²) in [5, 5.41) is 8.13. The zero-order valence-corrected chi connectivity index (χ0v) is 10.6. The lowest BCUT2D eigenvalue weighted by Crippen LogP contribution is -2.23. The fourth-order valence-electron chi connectivity index (χ4n) is 1.53. The van der Waals surface area contributed by atoms with E-state index in [1.165, 1.54) is 5.56 Å². The summed E-state index contributed by atoms with van der Waals surface area (Å²) >= 11 is 1.16. The molecule has 18 heavy (non-hydrogen) atoms. The lowest BCUT2D eigenvalue weighted by Gasteiger charge is -2.04. The molecule has 94 valence electrons. The molecule has 6 heteroatoms. The SMILES string of the molecule is NCCc1ccc(CNC(=O)c2csnn2)cc1. The molecule has 0 aliphatic rings. The minimum absolute atomic E-state index is 0.199. The van der Waals surface area contributed by atoms with Crippen LogP contribution >= 0.6 is 11.5 Å². The van der Waals surface area contributed by atoms with E-state index >= 15 is 0 Å². The molecule has 5 nitrogen and oxygen atoms in total. The number of benzene rings is 1. The third-order valence-electron chi connectivity index (χ3n) is 2.50. The third-order valence-corrected chi connectivity index (χ3v) is 3.01. The smallest absolute Gasteiger partial charge is 0.273 e. The molecule has 3 N–H and O–H groups in total. The molecule has 0 aliphatic carbocycles. The quantitative estimate of drug-likeness (QED) is 0.841. The molecule has 0 unspecified atom stereocenters. The largest absolute Gasteiger partial charge is 0.347 e. The molecule has 0 atom stereocenters. The summed E-state index contributed by atoms with van der Waals surface area (Å²) in [5.74, 6) is -0.199. The molecule has 2 rings (SSSR count). The molecule has 1 amide bonds. The van der Waals surface area contributed by atoms with Crippen LogP contribution < -0.4 is 11.1 Å². The Hall–Kier alpha value is -1.79. The van der Waals surface area contributed by atoms with Crippen molar-refractivity contribution in [2.75, 3.05) is 6.54 Å². The minimum atomic E-state index is -0.199. The highest BCUT2D eigenvalue weighted by Gasteiger charge is 2.07. The molecule has 0 saturated heterocycles. The molecule has 1 aromatic heterocycles. The van der Waals surface area contributed by atoms with E-state index < -0.39 is 0 Å². The predicted octanol–water partition coefficient (Wildman–Crippen LogP) is 0.969. The number of hydrogen-bond acceptors (Lipinski definition) is 5. The van der Waals surface area contributed by atoms with Gasteiger partial charge in [0.1, 0.15) is 0 Å². The highest BCUT2D eigenvalue weighted by Crippen LogP contribution is 2.05. The van der Waals surface area contributed by atoms with Gasteiger partial charge in [-0.1, -0.05) is 28.8 Å². The van der Waals surface area contributed by atoms with Crippen molar-refractivity contribution in [3.63, 3.8) is 0 Å². The molecule has 1 aromatic carbocycles. The Morgan fingerprint density at radius 2 is 2.00 bits per heavy atom. The number of nitrogens with one attached hydrogen (secondary N) is 1. The average molecular weight is 262 g/mol. The normalized spacial score (nSPS) is 10.3. The molecule has 0 aliphatic heterocycles. The Bertz CT molecular complexity index is 495. The van der Waals surface area contributed by atoms with Crippen molar-refractivity contribution < 1.29 is 4.79 Å². The van der Waals surface area contributed by atoms with E-state index in [1.54, 1.807) is 5.38 Å². The van der Waals surface area contributed by atoms with E-state index in [0.717, 1.165) is 23.5 Å². The maximum atomic E-state index is 11.6. The van der Waals surface area contributed by atoms with Crippen molar-refractivity contribution in [1.29, 1.82) is 0 Å². The standard InChI is InChI=1S/C12H14N4OS/c13-6-5-9-1-3-10(4-2-9)7-14-12(17)11-8-18-16-15-11/h1-4,8H,5-7,13H2,(H,14,17). The van der Waals surface area contributed by atoms with Crippen molar-refractivity contribution in [1.82, 2.24) is 14.9 Å². The number of nitrogens with zero attached hydrogens (tertiary/aromatic N) is 2. The first kappa shape index (κ1) is 12.7. The van der Waals surface area contributed by atoms with Crippen LogP contribution in [0.4, 0.5) is 0 Å². The maximum absolute atomic E-state index is 11.6. The van der Waals surface area contributed by atoms with Gasteiger partial charge in [-0.15, -0.1) is 5.10 Å². The van der Waals surface area contributed by atoms with Crippen LogP contribution in [0.2, 0.25) is 0 Å². The van der Waals surface area contributed by atoms with Crippen molar-refractivity contribution in [2.45, 2.75) is 13.0 Å². The molecule has 0 spiro atoms. The van der Waals surface area contributed by atoms with E-state index in [4.69, 9.17) is 5.73 Å². The van der Waals surface area contributed by atoms with Gasteiger partial charge in [0.15, 0.2) is 5.69 Å². The zero-order chi connectivity index (χ0) is 12.8. The number of rotatable bonds is 5. The fraction of sp³-hybridized carbons (Fsp3) is 0.250. The van der Waals surface area contributed by atoms with Crippen molar-refractivity contribution >= 4 is 17.4 Å². The molecule has 2 aromatic rings. The Morgan fingerprint density at radius 3 is 2.61 bits per heavy atom. The van der Waals surface area contributed by atoms with Gasteiger partial charge in [-0.2, -0.15) is 0 Å². The van der Waals surface area contributed by atoms with Gasteiger partial charge in [-0.25, -0.2) is 0 Å². The van der Waals surface area contributed by atoms with E-state index in [-0.39, 0.29) is 5.91 Å². The molecular weight excluding hydrogens is 248 g/mol. The third kappa shape index (κ3) is 3.35. The van der Waals surface area contributed by atoms with E-state index in [0.29, 0.717) is 18.8 Å². The van der Waals surface area contributed by atoms with Gasteiger partial charge in [0.25, 0.3) is 5.91 Å². The highest BCUT2D eigenvalue weighted by molar-refractivity contribution is 7.03. The van der Waals surface area contributed by atoms with Crippen LogP contribution in [0.25, 0.3) is 0 Å². The second-order valence-electron chi connectivity index (χ2n) is 3.83. The molecule has 1 heterocycles. The van der Waals surface area contributed by atoms with Gasteiger partial charge < -0.3 is 11.1 Å². The number of carbonyl (C=O) groups excluding carboxylic acids is 1. The first-order valence-electron chi connectivity index (χ1n) is 5.62. The first-order valence-corrected chi connectivity index (χ1v) is 6.46. The maximum Gasteiger partial charge on any atom is 0.273 e. The summed E-state index contributed by atoms with van der Waals surface area (Å²) in [7, 11) is 0. The van der Waals surface area contributed by atoms with Crippen LogP contribution in [0.15, 0.2) is 29.6 Å². The van der Waals surface area contributed by atoms with Crippen LogP contribution in [-0.4, -0.2) is 22.0 Å². The number of amides is 1. The molecule has 0 radical (unpaired) electrons. The van der Waals surface area contributed by atoms with E-state index in [9.17, 15) is 4.79 Å². The molecule has 0 fully saturated rings. The van der Waals surface area contributed by atoms with E-state index in [2.05, 4.69) is 14.9 Å². The predicted molar refractivity (Wildman–Crippen MR) is 70.3 cm³/mol. The number of hydrogen-bond donors (Lipinski definition) is 2. The Labute approximate surface area is 109 Å². The van der Waals surface area contributed by atoms with Gasteiger partial charge in [0.2, 0.25) is 0 Å². The molecule has 0 saturated carbocycles. The highest BCUT2D eigenvalue weighted by atomic mass is 32.1. The molecule has 0 bridgehead atoms. The average Bonchev–Trinajstić information content (AvgIpc) is 2.92. The first-order chi connectivity index (χ1) is 8.79.